The van der Waals surface area contributed by atoms with Gasteiger partial charge in [0.2, 0.25) is 0 Å². The molecule has 0 saturated carbocycles. The van der Waals surface area contributed by atoms with Gasteiger partial charge >= 0.3 is 11.9 Å². The van der Waals surface area contributed by atoms with Gasteiger partial charge in [0.25, 0.3) is 7.82 Å². The molecule has 0 spiro atoms. The van der Waals surface area contributed by atoms with Crippen molar-refractivity contribution >= 4 is 19.8 Å². The lowest BCUT2D eigenvalue weighted by atomic mass is 10.0. The second kappa shape index (κ2) is 62.7. The molecule has 0 amide bonds. The molecule has 0 saturated heterocycles. The summed E-state index contributed by atoms with van der Waals surface area (Å²) in [5, 5.41) is 0. The molecule has 9 nitrogen and oxygen atoms in total. The van der Waals surface area contributed by atoms with Crippen LogP contribution in [-0.2, 0) is 32.7 Å². The van der Waals surface area contributed by atoms with Crippen molar-refractivity contribution in [2.24, 2.45) is 0 Å². The number of ether oxygens (including phenoxy) is 2. The van der Waals surface area contributed by atoms with Gasteiger partial charge in [-0.1, -0.05) is 292 Å². The molecule has 0 heterocycles. The van der Waals surface area contributed by atoms with E-state index >= 15 is 0 Å². The maximum atomic E-state index is 12.8. The van der Waals surface area contributed by atoms with E-state index in [1.165, 1.54) is 199 Å². The standard InChI is InChI=1S/C72H130NO8P/c1-6-8-10-12-14-16-18-20-22-24-26-27-28-29-30-31-32-33-34-35-36-37-38-39-40-41-42-43-44-45-47-48-50-52-54-56-58-60-62-64-71(74)78-68-70(69-80-82(76,77)79-67-66-73(3,4)5)81-72(75)65-63-61-59-57-55-53-51-49-46-25-23-21-19-17-15-13-11-9-7-2/h9,11,15,17-18,20-21,23-24,26,46,49,53,55,70H,6-8,10,12-14,16,19,22,25,27-45,47-48,50-52,54,56-69H2,1-5H3/b11-9-,17-15-,20-18-,23-21-,26-24-,49-46-,55-53-. The summed E-state index contributed by atoms with van der Waals surface area (Å²) in [5.41, 5.74) is 0. The fourth-order valence-corrected chi connectivity index (χ4v) is 10.4. The van der Waals surface area contributed by atoms with E-state index in [2.05, 4.69) is 98.9 Å². The van der Waals surface area contributed by atoms with Gasteiger partial charge in [-0.25, -0.2) is 0 Å². The number of carbonyl (C=O) groups is 2. The minimum atomic E-state index is -4.65. The topological polar surface area (TPSA) is 111 Å². The zero-order valence-electron chi connectivity index (χ0n) is 54.2. The van der Waals surface area contributed by atoms with Crippen molar-refractivity contribution in [1.82, 2.24) is 0 Å². The van der Waals surface area contributed by atoms with Gasteiger partial charge in [-0.15, -0.1) is 0 Å². The molecule has 0 aliphatic rings. The lowest BCUT2D eigenvalue weighted by molar-refractivity contribution is -0.870. The number of phosphoric ester groups is 1. The summed E-state index contributed by atoms with van der Waals surface area (Å²) in [4.78, 5) is 37.9. The number of quaternary nitrogens is 1. The Balaban J connectivity index is 3.94. The lowest BCUT2D eigenvalue weighted by Crippen LogP contribution is -2.37. The highest BCUT2D eigenvalue weighted by atomic mass is 31.2. The molecule has 476 valence electrons. The van der Waals surface area contributed by atoms with E-state index in [0.29, 0.717) is 17.4 Å². The summed E-state index contributed by atoms with van der Waals surface area (Å²) in [6.07, 6.45) is 85.5. The first-order valence-corrected chi connectivity index (χ1v) is 35.8. The first-order chi connectivity index (χ1) is 40.0. The average molecular weight is 1170 g/mol. The minimum absolute atomic E-state index is 0.0397. The molecule has 2 unspecified atom stereocenters. The van der Waals surface area contributed by atoms with Gasteiger partial charge in [0, 0.05) is 12.8 Å². The van der Waals surface area contributed by atoms with Crippen LogP contribution in [0.15, 0.2) is 85.1 Å². The molecular formula is C72H130NO8P. The quantitative estimate of drug-likeness (QED) is 0.0195. The van der Waals surface area contributed by atoms with Crippen LogP contribution in [0.2, 0.25) is 0 Å². The molecule has 0 radical (unpaired) electrons. The van der Waals surface area contributed by atoms with Gasteiger partial charge in [-0.05, 0) is 89.9 Å². The number of carbonyl (C=O) groups excluding carboxylic acids is 2. The van der Waals surface area contributed by atoms with Gasteiger partial charge in [0.05, 0.1) is 27.7 Å². The van der Waals surface area contributed by atoms with Crippen molar-refractivity contribution in [1.29, 1.82) is 0 Å². The van der Waals surface area contributed by atoms with E-state index in [0.717, 1.165) is 77.0 Å². The Morgan fingerprint density at radius 2 is 0.695 bits per heavy atom. The van der Waals surface area contributed by atoms with Crippen LogP contribution in [0.3, 0.4) is 0 Å². The van der Waals surface area contributed by atoms with Crippen LogP contribution in [-0.4, -0.2) is 70.0 Å². The summed E-state index contributed by atoms with van der Waals surface area (Å²) < 4.78 is 34.2. The molecule has 0 fully saturated rings. The molecule has 2 atom stereocenters. The van der Waals surface area contributed by atoms with Crippen LogP contribution in [0.25, 0.3) is 0 Å². The predicted octanol–water partition coefficient (Wildman–Crippen LogP) is 21.5. The van der Waals surface area contributed by atoms with E-state index in [1.54, 1.807) is 0 Å². The zero-order chi connectivity index (χ0) is 59.8. The number of rotatable bonds is 63. The number of esters is 2. The summed E-state index contributed by atoms with van der Waals surface area (Å²) in [5.74, 6) is -0.864. The Labute approximate surface area is 507 Å². The third-order valence-electron chi connectivity index (χ3n) is 14.9. The predicted molar refractivity (Wildman–Crippen MR) is 351 cm³/mol. The third-order valence-corrected chi connectivity index (χ3v) is 15.9. The van der Waals surface area contributed by atoms with Gasteiger partial charge in [0.1, 0.15) is 19.8 Å². The Morgan fingerprint density at radius 1 is 0.390 bits per heavy atom. The van der Waals surface area contributed by atoms with Crippen LogP contribution < -0.4 is 4.89 Å². The van der Waals surface area contributed by atoms with Crippen molar-refractivity contribution in [2.45, 2.75) is 315 Å². The van der Waals surface area contributed by atoms with Crippen molar-refractivity contribution in [3.63, 3.8) is 0 Å². The van der Waals surface area contributed by atoms with Gasteiger partial charge in [-0.3, -0.25) is 14.2 Å². The largest absolute Gasteiger partial charge is 0.756 e. The smallest absolute Gasteiger partial charge is 0.306 e. The highest BCUT2D eigenvalue weighted by molar-refractivity contribution is 7.45. The van der Waals surface area contributed by atoms with E-state index in [1.807, 2.05) is 21.1 Å². The maximum Gasteiger partial charge on any atom is 0.306 e. The van der Waals surface area contributed by atoms with Crippen molar-refractivity contribution < 1.29 is 42.1 Å². The number of likely N-dealkylation sites (N-methyl/N-ethyl adjacent to an activating group) is 1. The lowest BCUT2D eigenvalue weighted by Gasteiger charge is -2.28. The monoisotopic (exact) mass is 1170 g/mol. The van der Waals surface area contributed by atoms with Crippen LogP contribution >= 0.6 is 7.82 Å². The third kappa shape index (κ3) is 66.3. The number of hydrogen-bond donors (Lipinski definition) is 0. The average Bonchev–Trinajstić information content (AvgIpc) is 3.46. The molecule has 0 aliphatic carbocycles. The molecule has 0 aromatic carbocycles. The number of hydrogen-bond acceptors (Lipinski definition) is 8. The highest BCUT2D eigenvalue weighted by Gasteiger charge is 2.22. The van der Waals surface area contributed by atoms with Crippen molar-refractivity contribution in [2.75, 3.05) is 47.5 Å². The number of phosphoric acid groups is 1. The van der Waals surface area contributed by atoms with E-state index in [4.69, 9.17) is 18.5 Å². The summed E-state index contributed by atoms with van der Waals surface area (Å²) in [6.45, 7) is 4.10. The Hall–Kier alpha value is -2.81. The zero-order valence-corrected chi connectivity index (χ0v) is 55.1. The molecular weight excluding hydrogens is 1040 g/mol. The second-order valence-corrected chi connectivity index (χ2v) is 25.6. The van der Waals surface area contributed by atoms with Crippen molar-refractivity contribution in [3.05, 3.63) is 85.1 Å². The molecule has 0 N–H and O–H groups in total. The molecule has 0 aliphatic heterocycles. The molecule has 0 rings (SSSR count). The van der Waals surface area contributed by atoms with Crippen LogP contribution in [0, 0.1) is 0 Å². The fourth-order valence-electron chi connectivity index (χ4n) is 9.66. The van der Waals surface area contributed by atoms with Gasteiger partial charge in [0.15, 0.2) is 6.10 Å². The normalized spacial score (nSPS) is 13.7. The summed E-state index contributed by atoms with van der Waals surface area (Å²) in [7, 11) is 1.14. The minimum Gasteiger partial charge on any atom is -0.756 e. The molecule has 0 aromatic rings. The van der Waals surface area contributed by atoms with E-state index in [-0.39, 0.29) is 32.0 Å². The second-order valence-electron chi connectivity index (χ2n) is 24.2. The van der Waals surface area contributed by atoms with Gasteiger partial charge < -0.3 is 27.9 Å². The van der Waals surface area contributed by atoms with E-state index < -0.39 is 26.5 Å². The maximum absolute atomic E-state index is 12.8. The first kappa shape index (κ1) is 79.2. The number of unbranched alkanes of at least 4 members (excludes halogenated alkanes) is 35. The molecule has 10 heteroatoms. The first-order valence-electron chi connectivity index (χ1n) is 34.3. The molecule has 0 bridgehead atoms. The van der Waals surface area contributed by atoms with Crippen LogP contribution in [0.1, 0.15) is 309 Å². The summed E-state index contributed by atoms with van der Waals surface area (Å²) in [6, 6.07) is 0. The summed E-state index contributed by atoms with van der Waals surface area (Å²) >= 11 is 0. The highest BCUT2D eigenvalue weighted by Crippen LogP contribution is 2.38. The Bertz CT molecular complexity index is 1660. The SMILES string of the molecule is CC/C=C\C/C=C\C/C=C\C/C=C\C/C=C\CCCCCC(=O)OC(COC(=O)CCCCCCCCCCCCCCCCCCCCCCCCCCCCC/C=C\C/C=C\CCCCCCC)COP(=O)([O-])OCC[N+](C)(C)C. The van der Waals surface area contributed by atoms with E-state index in [9.17, 15) is 19.0 Å². The number of allylic oxidation sites excluding steroid dienone is 14. The molecule has 82 heavy (non-hydrogen) atoms. The van der Waals surface area contributed by atoms with Crippen LogP contribution in [0.5, 0.6) is 0 Å². The Morgan fingerprint density at radius 3 is 1.05 bits per heavy atom. The van der Waals surface area contributed by atoms with Crippen LogP contribution in [0.4, 0.5) is 0 Å². The molecule has 0 aromatic heterocycles. The van der Waals surface area contributed by atoms with Crippen molar-refractivity contribution in [3.8, 4) is 0 Å². The fraction of sp³-hybridized carbons (Fsp3) is 0.778. The van der Waals surface area contributed by atoms with Gasteiger partial charge in [-0.2, -0.15) is 0 Å². The number of nitrogens with zero attached hydrogens (tertiary/aromatic N) is 1. The Kier molecular flexibility index (Phi) is 60.6.